The molecule has 2 N–H and O–H groups in total. The summed E-state index contributed by atoms with van der Waals surface area (Å²) < 4.78 is 10.9. The van der Waals surface area contributed by atoms with Crippen LogP contribution in [-0.4, -0.2) is 14.9 Å². The highest BCUT2D eigenvalue weighted by atomic mass is 32.1. The number of hydrogen-bond acceptors (Lipinski definition) is 3. The van der Waals surface area contributed by atoms with Crippen molar-refractivity contribution in [3.05, 3.63) is 29.3 Å². The summed E-state index contributed by atoms with van der Waals surface area (Å²) in [5.41, 5.74) is 2.21. The van der Waals surface area contributed by atoms with Gasteiger partial charge in [-0.1, -0.05) is 19.1 Å². The lowest BCUT2D eigenvalue weighted by Gasteiger charge is -2.07. The van der Waals surface area contributed by atoms with Gasteiger partial charge in [0.15, 0.2) is 0 Å². The molecule has 0 fully saturated rings. The maximum absolute atomic E-state index is 10.9. The molecule has 6 heteroatoms. The summed E-state index contributed by atoms with van der Waals surface area (Å²) in [6, 6.07) is 5.08. The molecule has 0 unspecified atom stereocenters. The summed E-state index contributed by atoms with van der Waals surface area (Å²) in [6.07, 6.45) is 0.479. The normalized spacial score (nSPS) is 10.9. The van der Waals surface area contributed by atoms with Crippen LogP contribution >= 0.6 is 19.8 Å². The molecule has 0 bridgehead atoms. The minimum atomic E-state index is -4.02. The van der Waals surface area contributed by atoms with Gasteiger partial charge in [0.1, 0.15) is 0 Å². The zero-order valence-electron chi connectivity index (χ0n) is 8.75. The van der Waals surface area contributed by atoms with Crippen LogP contribution in [0.3, 0.4) is 0 Å². The van der Waals surface area contributed by atoms with E-state index < -0.39 is 7.60 Å². The topological polar surface area (TPSA) is 69.9 Å². The van der Waals surface area contributed by atoms with Crippen LogP contribution < -0.4 is 0 Å². The predicted octanol–water partition coefficient (Wildman–Crippen LogP) is 2.66. The summed E-state index contributed by atoms with van der Waals surface area (Å²) in [4.78, 5) is 21.6. The first-order valence-corrected chi connectivity index (χ1v) is 6.91. The molecule has 1 rings (SSSR count). The van der Waals surface area contributed by atoms with Crippen molar-refractivity contribution in [1.82, 2.24) is 0 Å². The molecular weight excluding hydrogens is 245 g/mol. The summed E-state index contributed by atoms with van der Waals surface area (Å²) in [7, 11) is -4.02. The van der Waals surface area contributed by atoms with E-state index in [1.54, 1.807) is 18.2 Å². The fourth-order valence-corrected chi connectivity index (χ4v) is 2.19. The molecule has 0 amide bonds. The lowest BCUT2D eigenvalue weighted by molar-refractivity contribution is 0.371. The van der Waals surface area contributed by atoms with Crippen LogP contribution in [0.1, 0.15) is 18.1 Å². The molecule has 0 saturated carbocycles. The van der Waals surface area contributed by atoms with Gasteiger partial charge in [-0.25, -0.2) is 0 Å². The van der Waals surface area contributed by atoms with E-state index in [2.05, 4.69) is 22.4 Å². The van der Waals surface area contributed by atoms with Crippen molar-refractivity contribution in [1.29, 1.82) is 0 Å². The van der Waals surface area contributed by atoms with Crippen molar-refractivity contribution >= 4 is 30.7 Å². The fraction of sp³-hybridized carbons (Fsp3) is 0.300. The molecule has 0 spiro atoms. The highest BCUT2D eigenvalue weighted by molar-refractivity contribution is 7.78. The molecule has 0 aromatic heterocycles. The number of isothiocyanates is 1. The number of rotatable bonds is 4. The molecule has 4 nitrogen and oxygen atoms in total. The second-order valence-corrected chi connectivity index (χ2v) is 5.17. The van der Waals surface area contributed by atoms with Crippen LogP contribution in [0.5, 0.6) is 0 Å². The molecule has 0 radical (unpaired) electrons. The van der Waals surface area contributed by atoms with E-state index >= 15 is 0 Å². The number of thiocarbonyl (C=S) groups is 1. The number of hydrogen-bond donors (Lipinski definition) is 2. The highest BCUT2D eigenvalue weighted by Crippen LogP contribution is 2.39. The first kappa shape index (κ1) is 13.2. The minimum Gasteiger partial charge on any atom is -0.324 e. The molecule has 0 aliphatic heterocycles. The molecular formula is C10H12NO3PS. The number of benzene rings is 1. The van der Waals surface area contributed by atoms with Crippen molar-refractivity contribution in [2.75, 3.05) is 0 Å². The summed E-state index contributed by atoms with van der Waals surface area (Å²) in [5, 5.41) is 2.28. The van der Waals surface area contributed by atoms with Crippen molar-refractivity contribution in [2.24, 2.45) is 4.99 Å². The van der Waals surface area contributed by atoms with E-state index in [1.165, 1.54) is 0 Å². The van der Waals surface area contributed by atoms with E-state index in [-0.39, 0.29) is 6.16 Å². The molecule has 1 aromatic carbocycles. The van der Waals surface area contributed by atoms with Gasteiger partial charge in [-0.3, -0.25) is 4.57 Å². The average Bonchev–Trinajstić information content (AvgIpc) is 2.18. The summed E-state index contributed by atoms with van der Waals surface area (Å²) >= 11 is 4.52. The van der Waals surface area contributed by atoms with Gasteiger partial charge in [0.2, 0.25) is 0 Å². The Labute approximate surface area is 99.2 Å². The van der Waals surface area contributed by atoms with Gasteiger partial charge in [0, 0.05) is 0 Å². The quantitative estimate of drug-likeness (QED) is 0.494. The highest BCUT2D eigenvalue weighted by Gasteiger charge is 2.14. The molecule has 0 saturated heterocycles. The largest absolute Gasteiger partial charge is 0.329 e. The van der Waals surface area contributed by atoms with Crippen LogP contribution in [0.25, 0.3) is 0 Å². The molecule has 0 atom stereocenters. The van der Waals surface area contributed by atoms with Crippen LogP contribution in [0.4, 0.5) is 5.69 Å². The maximum atomic E-state index is 10.9. The second kappa shape index (κ2) is 5.48. The Morgan fingerprint density at radius 3 is 2.69 bits per heavy atom. The van der Waals surface area contributed by atoms with Crippen molar-refractivity contribution < 1.29 is 14.4 Å². The zero-order valence-corrected chi connectivity index (χ0v) is 10.5. The average molecular weight is 257 g/mol. The Kier molecular flexibility index (Phi) is 4.54. The summed E-state index contributed by atoms with van der Waals surface area (Å²) in [5.74, 6) is 0. The molecule has 0 aliphatic rings. The maximum Gasteiger partial charge on any atom is 0.329 e. The zero-order chi connectivity index (χ0) is 12.2. The fourth-order valence-electron chi connectivity index (χ4n) is 1.42. The van der Waals surface area contributed by atoms with Gasteiger partial charge in [0.25, 0.3) is 0 Å². The Balaban J connectivity index is 3.09. The Bertz CT molecular complexity index is 477. The van der Waals surface area contributed by atoms with E-state index in [0.717, 1.165) is 12.0 Å². The third-order valence-electron chi connectivity index (χ3n) is 2.08. The third kappa shape index (κ3) is 3.97. The standard InChI is InChI=1S/C10H12NO3PS/c1-2-9-5-8(6-15(12,13)14)3-4-10(9)11-7-16/h3-5H,2,6H2,1H3,(H2,12,13,14). The molecule has 0 heterocycles. The van der Waals surface area contributed by atoms with Gasteiger partial charge in [0.05, 0.1) is 17.0 Å². The van der Waals surface area contributed by atoms with Crippen LogP contribution in [0.2, 0.25) is 0 Å². The lowest BCUT2D eigenvalue weighted by Crippen LogP contribution is -1.90. The van der Waals surface area contributed by atoms with Gasteiger partial charge in [-0.15, -0.1) is 0 Å². The van der Waals surface area contributed by atoms with Crippen molar-refractivity contribution in [2.45, 2.75) is 19.5 Å². The van der Waals surface area contributed by atoms with Crippen molar-refractivity contribution in [3.63, 3.8) is 0 Å². The van der Waals surface area contributed by atoms with Gasteiger partial charge < -0.3 is 9.79 Å². The number of nitrogens with zero attached hydrogens (tertiary/aromatic N) is 1. The van der Waals surface area contributed by atoms with E-state index in [9.17, 15) is 4.57 Å². The monoisotopic (exact) mass is 257 g/mol. The summed E-state index contributed by atoms with van der Waals surface area (Å²) in [6.45, 7) is 1.94. The van der Waals surface area contributed by atoms with Crippen LogP contribution in [0.15, 0.2) is 23.2 Å². The van der Waals surface area contributed by atoms with E-state index in [4.69, 9.17) is 9.79 Å². The SMILES string of the molecule is CCc1cc(CP(=O)(O)O)ccc1N=C=S. The first-order chi connectivity index (χ1) is 7.46. The molecule has 86 valence electrons. The van der Waals surface area contributed by atoms with Crippen molar-refractivity contribution in [3.8, 4) is 0 Å². The first-order valence-electron chi connectivity index (χ1n) is 4.70. The molecule has 1 aromatic rings. The van der Waals surface area contributed by atoms with Crippen LogP contribution in [0, 0.1) is 0 Å². The minimum absolute atomic E-state index is 0.248. The third-order valence-corrected chi connectivity index (χ3v) is 2.95. The molecule has 0 aliphatic carbocycles. The smallest absolute Gasteiger partial charge is 0.324 e. The van der Waals surface area contributed by atoms with E-state index in [0.29, 0.717) is 11.3 Å². The number of aliphatic imine (C=N–C) groups is 1. The van der Waals surface area contributed by atoms with Gasteiger partial charge in [-0.2, -0.15) is 4.99 Å². The van der Waals surface area contributed by atoms with Gasteiger partial charge in [-0.05, 0) is 35.8 Å². The second-order valence-electron chi connectivity index (χ2n) is 3.34. The number of aryl methyl sites for hydroxylation is 1. The Morgan fingerprint density at radius 1 is 1.50 bits per heavy atom. The molecule has 16 heavy (non-hydrogen) atoms. The van der Waals surface area contributed by atoms with Gasteiger partial charge >= 0.3 is 7.60 Å². The Morgan fingerprint density at radius 2 is 2.19 bits per heavy atom. The van der Waals surface area contributed by atoms with E-state index in [1.807, 2.05) is 6.92 Å². The Hall–Kier alpha value is -0.830. The lowest BCUT2D eigenvalue weighted by atomic mass is 10.1. The van der Waals surface area contributed by atoms with Crippen LogP contribution in [-0.2, 0) is 17.1 Å². The predicted molar refractivity (Wildman–Crippen MR) is 66.3 cm³/mol.